The summed E-state index contributed by atoms with van der Waals surface area (Å²) in [5.41, 5.74) is 1.70. The second-order valence-electron chi connectivity index (χ2n) is 7.00. The Balaban J connectivity index is 1.50. The largest absolute Gasteiger partial charge is 0.484 e. The molecule has 0 aromatic heterocycles. The summed E-state index contributed by atoms with van der Waals surface area (Å²) >= 11 is 0. The molecule has 0 fully saturated rings. The van der Waals surface area contributed by atoms with E-state index in [0.29, 0.717) is 18.7 Å². The van der Waals surface area contributed by atoms with E-state index in [-0.39, 0.29) is 24.7 Å². The average molecular weight is 366 g/mol. The molecule has 0 saturated carbocycles. The number of benzene rings is 2. The van der Waals surface area contributed by atoms with Gasteiger partial charge < -0.3 is 19.5 Å². The predicted octanol–water partition coefficient (Wildman–Crippen LogP) is 2.95. The van der Waals surface area contributed by atoms with Crippen molar-refractivity contribution in [2.75, 3.05) is 19.9 Å². The first-order valence-electron chi connectivity index (χ1n) is 8.73. The van der Waals surface area contributed by atoms with Crippen molar-refractivity contribution in [2.24, 2.45) is 0 Å². The summed E-state index contributed by atoms with van der Waals surface area (Å²) in [5.74, 6) is 1.88. The Morgan fingerprint density at radius 2 is 1.93 bits per heavy atom. The van der Waals surface area contributed by atoms with Crippen LogP contribution in [0.5, 0.6) is 17.2 Å². The van der Waals surface area contributed by atoms with Gasteiger partial charge in [-0.25, -0.2) is 0 Å². The zero-order chi connectivity index (χ0) is 19.3. The van der Waals surface area contributed by atoms with E-state index in [1.165, 1.54) is 0 Å². The van der Waals surface area contributed by atoms with Gasteiger partial charge in [0.1, 0.15) is 5.75 Å². The number of amides is 1. The number of carbonyl (C=O) groups is 1. The Morgan fingerprint density at radius 3 is 2.67 bits per heavy atom. The fraction of sp³-hybridized carbons (Fsp3) is 0.333. The van der Waals surface area contributed by atoms with Gasteiger partial charge in [-0.1, -0.05) is 32.0 Å². The van der Waals surface area contributed by atoms with Crippen molar-refractivity contribution in [1.82, 2.24) is 5.32 Å². The molecule has 2 aromatic rings. The fourth-order valence-corrected chi connectivity index (χ4v) is 2.73. The van der Waals surface area contributed by atoms with Crippen LogP contribution < -0.4 is 19.5 Å². The Hall–Kier alpha value is -3.20. The van der Waals surface area contributed by atoms with Gasteiger partial charge >= 0.3 is 0 Å². The summed E-state index contributed by atoms with van der Waals surface area (Å²) in [4.78, 5) is 12.1. The van der Waals surface area contributed by atoms with Crippen molar-refractivity contribution >= 4 is 5.91 Å². The zero-order valence-corrected chi connectivity index (χ0v) is 15.5. The second kappa shape index (κ2) is 8.00. The lowest BCUT2D eigenvalue weighted by atomic mass is 9.84. The van der Waals surface area contributed by atoms with Gasteiger partial charge in [0, 0.05) is 12.0 Å². The molecule has 0 radical (unpaired) electrons. The molecule has 6 nitrogen and oxygen atoms in total. The van der Waals surface area contributed by atoms with Crippen LogP contribution in [-0.4, -0.2) is 25.9 Å². The average Bonchev–Trinajstić information content (AvgIpc) is 3.14. The van der Waals surface area contributed by atoms with Gasteiger partial charge in [0.05, 0.1) is 12.5 Å². The minimum absolute atomic E-state index is 0.0607. The van der Waals surface area contributed by atoms with Gasteiger partial charge in [-0.3, -0.25) is 4.79 Å². The molecule has 0 aliphatic carbocycles. The molecular formula is C21H22N2O4. The number of fused-ring (bicyclic) bond motifs is 1. The number of nitriles is 1. The second-order valence-corrected chi connectivity index (χ2v) is 7.00. The Labute approximate surface area is 158 Å². The topological polar surface area (TPSA) is 80.6 Å². The Morgan fingerprint density at radius 1 is 1.19 bits per heavy atom. The molecule has 1 aliphatic rings. The highest BCUT2D eigenvalue weighted by atomic mass is 16.7. The van der Waals surface area contributed by atoms with Crippen molar-refractivity contribution in [2.45, 2.75) is 25.7 Å². The van der Waals surface area contributed by atoms with E-state index in [9.17, 15) is 4.79 Å². The molecule has 1 N–H and O–H groups in total. The minimum atomic E-state index is -0.268. The maximum absolute atomic E-state index is 12.1. The lowest BCUT2D eigenvalue weighted by molar-refractivity contribution is -0.123. The Bertz CT molecular complexity index is 853. The molecule has 0 saturated heterocycles. The third kappa shape index (κ3) is 4.70. The van der Waals surface area contributed by atoms with E-state index in [1.54, 1.807) is 12.1 Å². The van der Waals surface area contributed by atoms with Crippen LogP contribution >= 0.6 is 0 Å². The van der Waals surface area contributed by atoms with E-state index < -0.39 is 0 Å². The van der Waals surface area contributed by atoms with Gasteiger partial charge in [-0.05, 0) is 35.4 Å². The summed E-state index contributed by atoms with van der Waals surface area (Å²) in [6, 6.07) is 15.1. The number of hydrogen-bond donors (Lipinski definition) is 1. The highest BCUT2D eigenvalue weighted by molar-refractivity contribution is 5.77. The molecular weight excluding hydrogens is 344 g/mol. The van der Waals surface area contributed by atoms with E-state index in [2.05, 4.69) is 25.2 Å². The molecule has 1 aliphatic heterocycles. The van der Waals surface area contributed by atoms with Crippen molar-refractivity contribution in [3.63, 3.8) is 0 Å². The van der Waals surface area contributed by atoms with Crippen molar-refractivity contribution in [1.29, 1.82) is 5.26 Å². The van der Waals surface area contributed by atoms with Gasteiger partial charge in [-0.2, -0.15) is 5.26 Å². The van der Waals surface area contributed by atoms with Crippen molar-refractivity contribution < 1.29 is 19.0 Å². The molecule has 27 heavy (non-hydrogen) atoms. The van der Waals surface area contributed by atoms with Crippen molar-refractivity contribution in [3.8, 4) is 23.3 Å². The van der Waals surface area contributed by atoms with Gasteiger partial charge in [-0.15, -0.1) is 0 Å². The number of nitrogens with zero attached hydrogens (tertiary/aromatic N) is 1. The first-order valence-corrected chi connectivity index (χ1v) is 8.73. The zero-order valence-electron chi connectivity index (χ0n) is 15.5. The van der Waals surface area contributed by atoms with E-state index >= 15 is 0 Å². The molecule has 0 spiro atoms. The van der Waals surface area contributed by atoms with Crippen LogP contribution in [0.2, 0.25) is 0 Å². The quantitative estimate of drug-likeness (QED) is 0.815. The summed E-state index contributed by atoms with van der Waals surface area (Å²) in [7, 11) is 0. The van der Waals surface area contributed by atoms with Crippen LogP contribution in [0.3, 0.4) is 0 Å². The van der Waals surface area contributed by atoms with Gasteiger partial charge in [0.25, 0.3) is 5.91 Å². The molecule has 2 aromatic carbocycles. The van der Waals surface area contributed by atoms with Gasteiger partial charge in [0.15, 0.2) is 18.1 Å². The maximum atomic E-state index is 12.1. The smallest absolute Gasteiger partial charge is 0.257 e. The van der Waals surface area contributed by atoms with Crippen LogP contribution in [0.1, 0.15) is 25.0 Å². The highest BCUT2D eigenvalue weighted by Gasteiger charge is 2.24. The first-order chi connectivity index (χ1) is 13.0. The lowest BCUT2D eigenvalue weighted by Crippen LogP contribution is -2.38. The normalized spacial score (nSPS) is 12.3. The lowest BCUT2D eigenvalue weighted by Gasteiger charge is -2.26. The van der Waals surface area contributed by atoms with Crippen LogP contribution in [-0.2, 0) is 16.6 Å². The molecule has 1 amide bonds. The van der Waals surface area contributed by atoms with Gasteiger partial charge in [0.2, 0.25) is 6.79 Å². The highest BCUT2D eigenvalue weighted by Crippen LogP contribution is 2.36. The number of nitrogens with one attached hydrogen (secondary N) is 1. The molecule has 140 valence electrons. The molecule has 3 rings (SSSR count). The van der Waals surface area contributed by atoms with Crippen LogP contribution in [0.15, 0.2) is 42.5 Å². The summed E-state index contributed by atoms with van der Waals surface area (Å²) in [5, 5.41) is 11.6. The summed E-state index contributed by atoms with van der Waals surface area (Å²) < 4.78 is 16.3. The number of rotatable bonds is 7. The van der Waals surface area contributed by atoms with Crippen LogP contribution in [0, 0.1) is 11.3 Å². The standard InChI is InChI=1S/C21H22N2O4/c1-21(2,16-5-8-18-19(11-16)27-14-26-18)13-23-20(24)12-25-17-6-3-15(4-7-17)9-10-22/h3-8,11H,9,12-14H2,1-2H3,(H,23,24). The fourth-order valence-electron chi connectivity index (χ4n) is 2.73. The molecule has 6 heteroatoms. The minimum Gasteiger partial charge on any atom is -0.484 e. The summed E-state index contributed by atoms with van der Waals surface area (Å²) in [6.45, 7) is 4.76. The maximum Gasteiger partial charge on any atom is 0.257 e. The van der Waals surface area contributed by atoms with E-state index in [0.717, 1.165) is 22.6 Å². The SMILES string of the molecule is CC(C)(CNC(=O)COc1ccc(CC#N)cc1)c1ccc2c(c1)OCO2. The third-order valence-electron chi connectivity index (χ3n) is 4.46. The van der Waals surface area contributed by atoms with E-state index in [1.807, 2.05) is 30.3 Å². The number of ether oxygens (including phenoxy) is 3. The Kier molecular flexibility index (Phi) is 5.51. The third-order valence-corrected chi connectivity index (χ3v) is 4.46. The predicted molar refractivity (Wildman–Crippen MR) is 99.9 cm³/mol. The summed E-state index contributed by atoms with van der Waals surface area (Å²) in [6.07, 6.45) is 0.357. The number of carbonyl (C=O) groups excluding carboxylic acids is 1. The van der Waals surface area contributed by atoms with Crippen LogP contribution in [0.4, 0.5) is 0 Å². The van der Waals surface area contributed by atoms with Crippen LogP contribution in [0.25, 0.3) is 0 Å². The molecule has 0 bridgehead atoms. The molecule has 0 atom stereocenters. The molecule has 0 unspecified atom stereocenters. The monoisotopic (exact) mass is 366 g/mol. The first kappa shape index (κ1) is 18.6. The molecule has 1 heterocycles. The van der Waals surface area contributed by atoms with Crippen molar-refractivity contribution in [3.05, 3.63) is 53.6 Å². The number of hydrogen-bond acceptors (Lipinski definition) is 5. The van der Waals surface area contributed by atoms with E-state index in [4.69, 9.17) is 19.5 Å².